The molecule has 0 fully saturated rings. The first-order valence-corrected chi connectivity index (χ1v) is 7.72. The summed E-state index contributed by atoms with van der Waals surface area (Å²) in [5, 5.41) is 3.27. The summed E-state index contributed by atoms with van der Waals surface area (Å²) in [6, 6.07) is 3.61. The van der Waals surface area contributed by atoms with E-state index in [1.54, 1.807) is 36.8 Å². The van der Waals surface area contributed by atoms with E-state index >= 15 is 0 Å². The summed E-state index contributed by atoms with van der Waals surface area (Å²) in [5.41, 5.74) is 0. The van der Waals surface area contributed by atoms with Gasteiger partial charge < -0.3 is 14.8 Å². The molecule has 0 saturated heterocycles. The number of unbranched alkanes of at least 4 members (excludes halogenated alkanes) is 1. The maximum atomic E-state index is 5.73. The minimum atomic E-state index is 0.404. The molecule has 0 amide bonds. The quantitative estimate of drug-likeness (QED) is 0.679. The Bertz CT molecular complexity index is 605. The van der Waals surface area contributed by atoms with Crippen LogP contribution >= 0.6 is 0 Å². The molecule has 0 bridgehead atoms. The highest BCUT2D eigenvalue weighted by atomic mass is 16.5. The highest BCUT2D eigenvalue weighted by molar-refractivity contribution is 5.52. The van der Waals surface area contributed by atoms with Gasteiger partial charge in [-0.15, -0.1) is 0 Å². The summed E-state index contributed by atoms with van der Waals surface area (Å²) in [6.45, 7) is 7.51. The van der Waals surface area contributed by atoms with Crippen LogP contribution in [0.2, 0.25) is 0 Å². The molecule has 1 N–H and O–H groups in total. The average Bonchev–Trinajstić information content (AvgIpc) is 2.60. The molecule has 0 aliphatic heterocycles. The maximum Gasteiger partial charge on any atom is 0.180 e. The molecule has 0 spiro atoms. The Morgan fingerprint density at radius 1 is 1.22 bits per heavy atom. The molecule has 0 aromatic carbocycles. The van der Waals surface area contributed by atoms with Crippen LogP contribution in [0.25, 0.3) is 6.08 Å². The van der Waals surface area contributed by atoms with Crippen LogP contribution in [0.5, 0.6) is 11.5 Å². The number of anilines is 1. The van der Waals surface area contributed by atoms with E-state index in [1.807, 2.05) is 0 Å². The third-order valence-corrected chi connectivity index (χ3v) is 3.04. The number of pyridine rings is 1. The SMILES string of the molecule is C=Cc1ncc(OCCOc2ccncc2)c(NCCCC)n1. The van der Waals surface area contributed by atoms with Crippen molar-refractivity contribution in [2.24, 2.45) is 0 Å². The number of aromatic nitrogens is 3. The van der Waals surface area contributed by atoms with Gasteiger partial charge in [-0.1, -0.05) is 19.9 Å². The standard InChI is InChI=1S/C17H22N4O2/c1-3-5-8-19-17-15(13-20-16(4-2)21-17)23-12-11-22-14-6-9-18-10-7-14/h4,6-7,9-10,13H,2-3,5,8,11-12H2,1H3,(H,19,20,21). The molecule has 0 aliphatic rings. The second-order valence-corrected chi connectivity index (χ2v) is 4.81. The van der Waals surface area contributed by atoms with E-state index in [2.05, 4.69) is 33.8 Å². The van der Waals surface area contributed by atoms with Crippen molar-refractivity contribution < 1.29 is 9.47 Å². The first-order valence-electron chi connectivity index (χ1n) is 7.72. The van der Waals surface area contributed by atoms with Crippen LogP contribution in [0, 0.1) is 0 Å². The minimum absolute atomic E-state index is 0.404. The summed E-state index contributed by atoms with van der Waals surface area (Å²) in [6.07, 6.45) is 8.83. The minimum Gasteiger partial charge on any atom is -0.490 e. The fourth-order valence-corrected chi connectivity index (χ4v) is 1.84. The molecule has 6 heteroatoms. The lowest BCUT2D eigenvalue weighted by Gasteiger charge is -2.13. The molecule has 2 heterocycles. The van der Waals surface area contributed by atoms with Crippen LogP contribution < -0.4 is 14.8 Å². The van der Waals surface area contributed by atoms with Gasteiger partial charge in [-0.3, -0.25) is 4.98 Å². The number of nitrogens with one attached hydrogen (secondary N) is 1. The van der Waals surface area contributed by atoms with Crippen LogP contribution in [0.15, 0.2) is 37.3 Å². The highest BCUT2D eigenvalue weighted by Crippen LogP contribution is 2.21. The second-order valence-electron chi connectivity index (χ2n) is 4.81. The van der Waals surface area contributed by atoms with Crippen molar-refractivity contribution >= 4 is 11.9 Å². The smallest absolute Gasteiger partial charge is 0.180 e. The first-order chi connectivity index (χ1) is 11.3. The molecule has 0 aliphatic carbocycles. The molecular formula is C17H22N4O2. The number of hydrogen-bond acceptors (Lipinski definition) is 6. The maximum absolute atomic E-state index is 5.73. The molecule has 0 unspecified atom stereocenters. The summed E-state index contributed by atoms with van der Waals surface area (Å²) < 4.78 is 11.3. The average molecular weight is 314 g/mol. The summed E-state index contributed by atoms with van der Waals surface area (Å²) in [4.78, 5) is 12.5. The Labute approximate surface area is 136 Å². The number of rotatable bonds is 10. The monoisotopic (exact) mass is 314 g/mol. The number of ether oxygens (including phenoxy) is 2. The van der Waals surface area contributed by atoms with Crippen LogP contribution in [0.3, 0.4) is 0 Å². The van der Waals surface area contributed by atoms with E-state index in [0.717, 1.165) is 25.1 Å². The van der Waals surface area contributed by atoms with Gasteiger partial charge in [-0.05, 0) is 24.6 Å². The third-order valence-electron chi connectivity index (χ3n) is 3.04. The zero-order chi connectivity index (χ0) is 16.3. The van der Waals surface area contributed by atoms with Gasteiger partial charge in [0, 0.05) is 18.9 Å². The van der Waals surface area contributed by atoms with E-state index < -0.39 is 0 Å². The van der Waals surface area contributed by atoms with E-state index in [4.69, 9.17) is 9.47 Å². The fraction of sp³-hybridized carbons (Fsp3) is 0.353. The van der Waals surface area contributed by atoms with Gasteiger partial charge in [-0.25, -0.2) is 9.97 Å². The van der Waals surface area contributed by atoms with E-state index in [9.17, 15) is 0 Å². The molecule has 2 aromatic rings. The van der Waals surface area contributed by atoms with E-state index in [-0.39, 0.29) is 0 Å². The fourth-order valence-electron chi connectivity index (χ4n) is 1.84. The Morgan fingerprint density at radius 3 is 2.74 bits per heavy atom. The Balaban J connectivity index is 1.88. The molecule has 6 nitrogen and oxygen atoms in total. The molecule has 122 valence electrons. The first kappa shape index (κ1) is 16.7. The zero-order valence-corrected chi connectivity index (χ0v) is 13.4. The predicted molar refractivity (Wildman–Crippen MR) is 90.7 cm³/mol. The normalized spacial score (nSPS) is 10.1. The van der Waals surface area contributed by atoms with Gasteiger partial charge in [-0.2, -0.15) is 0 Å². The molecule has 0 atom stereocenters. The van der Waals surface area contributed by atoms with Gasteiger partial charge in [0.1, 0.15) is 19.0 Å². The predicted octanol–water partition coefficient (Wildman–Crippen LogP) is 3.18. The summed E-state index contributed by atoms with van der Waals surface area (Å²) in [5.74, 6) is 2.64. The van der Waals surface area contributed by atoms with Crippen molar-refractivity contribution in [3.63, 3.8) is 0 Å². The molecule has 0 saturated carbocycles. The van der Waals surface area contributed by atoms with Crippen molar-refractivity contribution in [2.45, 2.75) is 19.8 Å². The number of hydrogen-bond donors (Lipinski definition) is 1. The van der Waals surface area contributed by atoms with Crippen molar-refractivity contribution in [3.05, 3.63) is 43.1 Å². The van der Waals surface area contributed by atoms with Gasteiger partial charge in [0.2, 0.25) is 0 Å². The van der Waals surface area contributed by atoms with Crippen LogP contribution in [-0.2, 0) is 0 Å². The molecule has 0 radical (unpaired) electrons. The van der Waals surface area contributed by atoms with Crippen molar-refractivity contribution in [1.82, 2.24) is 15.0 Å². The lowest BCUT2D eigenvalue weighted by atomic mass is 10.3. The molecule has 2 rings (SSSR count). The lowest BCUT2D eigenvalue weighted by Crippen LogP contribution is -2.12. The summed E-state index contributed by atoms with van der Waals surface area (Å²) >= 11 is 0. The Kier molecular flexibility index (Phi) is 6.84. The van der Waals surface area contributed by atoms with Crippen molar-refractivity contribution in [3.8, 4) is 11.5 Å². The molecule has 2 aromatic heterocycles. The van der Waals surface area contributed by atoms with Crippen LogP contribution in [-0.4, -0.2) is 34.7 Å². The Hall–Kier alpha value is -2.63. The number of nitrogens with zero attached hydrogens (tertiary/aromatic N) is 3. The van der Waals surface area contributed by atoms with Crippen molar-refractivity contribution in [1.29, 1.82) is 0 Å². The van der Waals surface area contributed by atoms with Crippen molar-refractivity contribution in [2.75, 3.05) is 25.1 Å². The van der Waals surface area contributed by atoms with Gasteiger partial charge in [0.25, 0.3) is 0 Å². The lowest BCUT2D eigenvalue weighted by molar-refractivity contribution is 0.217. The Morgan fingerprint density at radius 2 is 2.00 bits per heavy atom. The van der Waals surface area contributed by atoms with Gasteiger partial charge in [0.15, 0.2) is 17.4 Å². The highest BCUT2D eigenvalue weighted by Gasteiger charge is 2.07. The van der Waals surface area contributed by atoms with Gasteiger partial charge in [0.05, 0.1) is 6.20 Å². The molecular weight excluding hydrogens is 292 g/mol. The second kappa shape index (κ2) is 9.40. The largest absolute Gasteiger partial charge is 0.490 e. The van der Waals surface area contributed by atoms with Gasteiger partial charge >= 0.3 is 0 Å². The zero-order valence-electron chi connectivity index (χ0n) is 13.4. The third kappa shape index (κ3) is 5.58. The summed E-state index contributed by atoms with van der Waals surface area (Å²) in [7, 11) is 0. The van der Waals surface area contributed by atoms with Crippen LogP contribution in [0.1, 0.15) is 25.6 Å². The molecule has 23 heavy (non-hydrogen) atoms. The van der Waals surface area contributed by atoms with E-state index in [1.165, 1.54) is 0 Å². The topological polar surface area (TPSA) is 69.2 Å². The van der Waals surface area contributed by atoms with E-state index in [0.29, 0.717) is 30.6 Å². The van der Waals surface area contributed by atoms with Crippen LogP contribution in [0.4, 0.5) is 5.82 Å².